The normalized spacial score (nSPS) is 12.2. The third-order valence-electron chi connectivity index (χ3n) is 8.16. The lowest BCUT2D eigenvalue weighted by Gasteiger charge is -2.18. The summed E-state index contributed by atoms with van der Waals surface area (Å²) in [5.74, 6) is 0. The molecule has 11 heteroatoms. The maximum atomic E-state index is 13.8. The highest BCUT2D eigenvalue weighted by Gasteiger charge is 2.29. The highest BCUT2D eigenvalue weighted by Crippen LogP contribution is 2.48. The van der Waals surface area contributed by atoms with Gasteiger partial charge in [0.15, 0.2) is 5.43 Å². The second-order valence-corrected chi connectivity index (χ2v) is 10.0. The van der Waals surface area contributed by atoms with Gasteiger partial charge in [-0.25, -0.2) is 0 Å². The summed E-state index contributed by atoms with van der Waals surface area (Å²) >= 11 is 0. The average molecular weight is 541 g/mol. The first-order chi connectivity index (χ1) is 19.7. The minimum Gasteiger partial charge on any atom is -0.289 e. The summed E-state index contributed by atoms with van der Waals surface area (Å²) in [5, 5.41) is 40.3. The van der Waals surface area contributed by atoms with Crippen molar-refractivity contribution in [2.75, 3.05) is 0 Å². The molecule has 0 spiro atoms. The van der Waals surface area contributed by atoms with E-state index < -0.39 is 31.6 Å². The summed E-state index contributed by atoms with van der Waals surface area (Å²) in [5.41, 5.74) is -2.29. The fourth-order valence-electron chi connectivity index (χ4n) is 6.64. The molecule has 0 bridgehead atoms. The van der Waals surface area contributed by atoms with E-state index in [1.54, 1.807) is 36.4 Å². The Morgan fingerprint density at radius 1 is 0.415 bits per heavy atom. The van der Waals surface area contributed by atoms with Gasteiger partial charge in [-0.2, -0.15) is 0 Å². The van der Waals surface area contributed by atoms with E-state index in [1.807, 2.05) is 0 Å². The zero-order valence-corrected chi connectivity index (χ0v) is 20.5. The molecule has 41 heavy (non-hydrogen) atoms. The summed E-state index contributed by atoms with van der Waals surface area (Å²) in [6.07, 6.45) is 0. The fraction of sp³-hybridized carbons (Fsp3) is 0. The van der Waals surface area contributed by atoms with Crippen LogP contribution in [0.4, 0.5) is 17.1 Å². The Morgan fingerprint density at radius 2 is 0.878 bits per heavy atom. The molecule has 0 N–H and O–H groups in total. The van der Waals surface area contributed by atoms with Crippen LogP contribution in [0, 0.1) is 30.3 Å². The number of benzene rings is 8. The second kappa shape index (κ2) is 7.30. The smallest absolute Gasteiger partial charge is 0.281 e. The van der Waals surface area contributed by atoms with Gasteiger partial charge >= 0.3 is 0 Å². The summed E-state index contributed by atoms with van der Waals surface area (Å²) in [4.78, 5) is 61.5. The van der Waals surface area contributed by atoms with Crippen LogP contribution < -0.4 is 10.9 Å². The molecule has 0 fully saturated rings. The molecule has 0 aromatic heterocycles. The molecule has 0 radical (unpaired) electrons. The van der Waals surface area contributed by atoms with Crippen molar-refractivity contribution in [2.24, 2.45) is 0 Å². The van der Waals surface area contributed by atoms with Crippen LogP contribution in [0.2, 0.25) is 0 Å². The van der Waals surface area contributed by atoms with E-state index in [9.17, 15) is 39.9 Å². The van der Waals surface area contributed by atoms with E-state index in [2.05, 4.69) is 0 Å². The Balaban J connectivity index is 1.75. The molecule has 8 aromatic carbocycles. The van der Waals surface area contributed by atoms with Crippen molar-refractivity contribution in [1.29, 1.82) is 0 Å². The highest BCUT2D eigenvalue weighted by atomic mass is 16.6. The first kappa shape index (κ1) is 22.8. The Morgan fingerprint density at radius 3 is 1.44 bits per heavy atom. The molecule has 194 valence electrons. The highest BCUT2D eigenvalue weighted by molar-refractivity contribution is 6.41. The van der Waals surface area contributed by atoms with Crippen LogP contribution in [-0.2, 0) is 0 Å². The lowest BCUT2D eigenvalue weighted by Crippen LogP contribution is -2.09. The Labute approximate surface area is 224 Å². The maximum Gasteiger partial charge on any atom is 0.281 e. The van der Waals surface area contributed by atoms with Gasteiger partial charge in [0.05, 0.1) is 25.5 Å². The van der Waals surface area contributed by atoms with Crippen LogP contribution >= 0.6 is 0 Å². The number of nitro groups is 3. The molecule has 0 aliphatic rings. The van der Waals surface area contributed by atoms with E-state index in [1.165, 1.54) is 18.2 Å². The van der Waals surface area contributed by atoms with Gasteiger partial charge < -0.3 is 0 Å². The third kappa shape index (κ3) is 2.61. The quantitative estimate of drug-likeness (QED) is 0.106. The number of hydrogen-bond acceptors (Lipinski definition) is 8. The van der Waals surface area contributed by atoms with Crippen LogP contribution in [0.25, 0.3) is 75.4 Å². The van der Waals surface area contributed by atoms with Crippen molar-refractivity contribution in [3.63, 3.8) is 0 Å². The number of hydrogen-bond donors (Lipinski definition) is 0. The summed E-state index contributed by atoms with van der Waals surface area (Å²) in [7, 11) is 0. The minimum absolute atomic E-state index is 0.134. The molecule has 11 nitrogen and oxygen atoms in total. The summed E-state index contributed by atoms with van der Waals surface area (Å²) in [6.45, 7) is 0. The lowest BCUT2D eigenvalue weighted by molar-refractivity contribution is -0.386. The van der Waals surface area contributed by atoms with E-state index in [-0.39, 0.29) is 38.0 Å². The molecular formula is C30H11N3O8. The Hall–Kier alpha value is -6.10. The zero-order valence-electron chi connectivity index (χ0n) is 20.5. The number of fused-ring (bicyclic) bond motifs is 4. The van der Waals surface area contributed by atoms with Gasteiger partial charge in [0.1, 0.15) is 5.39 Å². The molecule has 0 saturated carbocycles. The van der Waals surface area contributed by atoms with Gasteiger partial charge in [-0.05, 0) is 62.6 Å². The first-order valence-electron chi connectivity index (χ1n) is 12.3. The molecule has 0 unspecified atom stereocenters. The molecule has 0 aliphatic heterocycles. The first-order valence-corrected chi connectivity index (χ1v) is 12.3. The molecule has 8 rings (SSSR count). The van der Waals surface area contributed by atoms with Crippen molar-refractivity contribution >= 4 is 92.5 Å². The van der Waals surface area contributed by atoms with E-state index in [0.29, 0.717) is 48.5 Å². The van der Waals surface area contributed by atoms with Crippen LogP contribution in [0.15, 0.2) is 76.3 Å². The van der Waals surface area contributed by atoms with Gasteiger partial charge in [0, 0.05) is 45.1 Å². The average Bonchev–Trinajstić information content (AvgIpc) is 2.96. The van der Waals surface area contributed by atoms with Crippen molar-refractivity contribution in [3.8, 4) is 0 Å². The van der Waals surface area contributed by atoms with Crippen LogP contribution in [0.1, 0.15) is 0 Å². The van der Waals surface area contributed by atoms with Crippen LogP contribution in [0.5, 0.6) is 0 Å². The van der Waals surface area contributed by atoms with Crippen molar-refractivity contribution in [1.82, 2.24) is 0 Å². The molecule has 0 amide bonds. The molecule has 0 heterocycles. The molecule has 0 aliphatic carbocycles. The van der Waals surface area contributed by atoms with Crippen molar-refractivity contribution in [2.45, 2.75) is 0 Å². The Kier molecular flexibility index (Phi) is 4.07. The molecule has 0 saturated heterocycles. The Bertz CT molecular complexity index is 2670. The molecule has 0 atom stereocenters. The maximum absolute atomic E-state index is 13.8. The van der Waals surface area contributed by atoms with Crippen LogP contribution in [-0.4, -0.2) is 14.8 Å². The summed E-state index contributed by atoms with van der Waals surface area (Å²) in [6, 6.07) is 16.2. The second-order valence-electron chi connectivity index (χ2n) is 10.0. The predicted molar refractivity (Wildman–Crippen MR) is 155 cm³/mol. The van der Waals surface area contributed by atoms with E-state index >= 15 is 0 Å². The van der Waals surface area contributed by atoms with Crippen molar-refractivity contribution < 1.29 is 14.8 Å². The largest absolute Gasteiger partial charge is 0.289 e. The number of nitrogens with zero attached hydrogens (tertiary/aromatic N) is 3. The number of rotatable bonds is 3. The standard InChI is InChI=1S/C30H11N3O8/c34-29-14-2-1-3-19(31(36)37)24(14)17-10-12-5-7-16-26-18(11-13-4-6-15(29)25(17)22(13)23(12)26)27-20(32(38)39)8-9-21(33(40)41)28(27)30(16)35/h1-11H. The summed E-state index contributed by atoms with van der Waals surface area (Å²) < 4.78 is 0. The number of nitro benzene ring substituents is 3. The van der Waals surface area contributed by atoms with Gasteiger partial charge in [-0.15, -0.1) is 0 Å². The lowest BCUT2D eigenvalue weighted by atomic mass is 9.83. The third-order valence-corrected chi connectivity index (χ3v) is 8.16. The van der Waals surface area contributed by atoms with Gasteiger partial charge in [0.2, 0.25) is 5.43 Å². The minimum atomic E-state index is -0.734. The fourth-order valence-corrected chi connectivity index (χ4v) is 6.64. The molecule has 8 aromatic rings. The van der Waals surface area contributed by atoms with Gasteiger partial charge in [-0.1, -0.05) is 18.2 Å². The number of non-ortho nitro benzene ring substituents is 3. The van der Waals surface area contributed by atoms with Gasteiger partial charge in [0.25, 0.3) is 17.1 Å². The van der Waals surface area contributed by atoms with E-state index in [4.69, 9.17) is 0 Å². The SMILES string of the molecule is O=c1c2cccc([N+](=O)[O-])c2c2cc3ccc4c(=O)c5c([N+](=O)[O-])ccc([N+](=O)[O-])c5c5cc6ccc1c2c6c3c45. The van der Waals surface area contributed by atoms with Gasteiger partial charge in [-0.3, -0.25) is 39.9 Å². The topological polar surface area (TPSA) is 164 Å². The zero-order chi connectivity index (χ0) is 28.5. The monoisotopic (exact) mass is 541 g/mol. The predicted octanol–water partition coefficient (Wildman–Crippen LogP) is 6.52. The van der Waals surface area contributed by atoms with Crippen molar-refractivity contribution in [3.05, 3.63) is 118 Å². The van der Waals surface area contributed by atoms with Crippen LogP contribution in [0.3, 0.4) is 0 Å². The van der Waals surface area contributed by atoms with E-state index in [0.717, 1.165) is 12.1 Å². The molecular weight excluding hydrogens is 530 g/mol.